The van der Waals surface area contributed by atoms with Crippen molar-refractivity contribution < 1.29 is 23.1 Å². The summed E-state index contributed by atoms with van der Waals surface area (Å²) >= 11 is 0. The molecule has 2 heterocycles. The Morgan fingerprint density at radius 3 is 2.74 bits per heavy atom. The fraction of sp³-hybridized carbons (Fsp3) is 0.435. The van der Waals surface area contributed by atoms with E-state index < -0.39 is 12.5 Å². The number of carbonyl (C=O) groups is 2. The van der Waals surface area contributed by atoms with Gasteiger partial charge in [0.05, 0.1) is 12.6 Å². The number of alkyl halides is 2. The quantitative estimate of drug-likeness (QED) is 0.704. The van der Waals surface area contributed by atoms with E-state index >= 15 is 0 Å². The zero-order valence-corrected chi connectivity index (χ0v) is 17.7. The number of hydrogen-bond acceptors (Lipinski definition) is 4. The van der Waals surface area contributed by atoms with Crippen molar-refractivity contribution in [1.29, 1.82) is 0 Å². The van der Waals surface area contributed by atoms with Gasteiger partial charge in [0, 0.05) is 30.2 Å². The number of nitrogens with zero attached hydrogens (tertiary/aromatic N) is 2. The van der Waals surface area contributed by atoms with E-state index in [1.807, 2.05) is 13.0 Å². The molecule has 0 spiro atoms. The average Bonchev–Trinajstić information content (AvgIpc) is 3.50. The number of carbonyl (C=O) groups excluding carboxylic acids is 2. The average molecular weight is 429 g/mol. The van der Waals surface area contributed by atoms with Crippen LogP contribution in [0.1, 0.15) is 59.8 Å². The highest BCUT2D eigenvalue weighted by atomic mass is 19.3. The van der Waals surface area contributed by atoms with Gasteiger partial charge in [-0.05, 0) is 49.9 Å². The van der Waals surface area contributed by atoms with Crippen LogP contribution in [0.15, 0.2) is 30.5 Å². The number of halogens is 2. The van der Waals surface area contributed by atoms with Crippen LogP contribution >= 0.6 is 0 Å². The topological polar surface area (TPSA) is 71.5 Å². The predicted molar refractivity (Wildman–Crippen MR) is 111 cm³/mol. The zero-order valence-electron chi connectivity index (χ0n) is 17.7. The predicted octanol–water partition coefficient (Wildman–Crippen LogP) is 4.49. The molecule has 1 fully saturated rings. The second-order valence-corrected chi connectivity index (χ2v) is 8.44. The van der Waals surface area contributed by atoms with Crippen LogP contribution in [0.5, 0.6) is 5.75 Å². The van der Waals surface area contributed by atoms with E-state index in [0.29, 0.717) is 23.7 Å². The summed E-state index contributed by atoms with van der Waals surface area (Å²) in [6, 6.07) is 6.70. The van der Waals surface area contributed by atoms with Crippen LogP contribution in [-0.2, 0) is 11.3 Å². The molecule has 1 aliphatic carbocycles. The molecule has 1 saturated carbocycles. The van der Waals surface area contributed by atoms with Crippen molar-refractivity contribution in [3.63, 3.8) is 0 Å². The Bertz CT molecular complexity index is 1030. The first-order chi connectivity index (χ1) is 14.6. The van der Waals surface area contributed by atoms with E-state index in [1.54, 1.807) is 30.0 Å². The number of nitrogens with one attached hydrogen (secondary N) is 1. The Labute approximate surface area is 179 Å². The lowest BCUT2D eigenvalue weighted by atomic mass is 10.0. The molecule has 0 radical (unpaired) electrons. The molecule has 6 nitrogen and oxygen atoms in total. The molecule has 8 heteroatoms. The van der Waals surface area contributed by atoms with Crippen LogP contribution in [-0.4, -0.2) is 34.2 Å². The first-order valence-electron chi connectivity index (χ1n) is 10.3. The Morgan fingerprint density at radius 1 is 1.35 bits per heavy atom. The molecule has 164 valence electrons. The number of hydrogen-bond donors (Lipinski definition) is 1. The van der Waals surface area contributed by atoms with Gasteiger partial charge < -0.3 is 15.0 Å². The van der Waals surface area contributed by atoms with E-state index in [-0.39, 0.29) is 23.8 Å². The maximum Gasteiger partial charge on any atom is 0.278 e. The minimum atomic E-state index is -2.91. The molecule has 1 aromatic carbocycles. The highest BCUT2D eigenvalue weighted by Gasteiger charge is 2.36. The molecule has 2 aromatic rings. The summed E-state index contributed by atoms with van der Waals surface area (Å²) in [5.74, 6) is -2.21. The smallest absolute Gasteiger partial charge is 0.278 e. The van der Waals surface area contributed by atoms with Crippen molar-refractivity contribution >= 4 is 17.6 Å². The molecule has 1 aliphatic heterocycles. The molecular formula is C23H25F2N3O3. The minimum Gasteiger partial charge on any atom is -0.487 e. The maximum absolute atomic E-state index is 13.1. The summed E-state index contributed by atoms with van der Waals surface area (Å²) in [7, 11) is 0. The molecule has 1 aromatic heterocycles. The third-order valence-corrected chi connectivity index (χ3v) is 5.70. The number of ether oxygens (including phenoxy) is 1. The summed E-state index contributed by atoms with van der Waals surface area (Å²) in [5.41, 5.74) is 2.84. The van der Waals surface area contributed by atoms with Gasteiger partial charge in [0.15, 0.2) is 6.61 Å². The van der Waals surface area contributed by atoms with Crippen molar-refractivity contribution in [2.75, 3.05) is 11.9 Å². The molecule has 31 heavy (non-hydrogen) atoms. The van der Waals surface area contributed by atoms with Crippen LogP contribution in [0.25, 0.3) is 0 Å². The summed E-state index contributed by atoms with van der Waals surface area (Å²) in [5, 5.41) is 2.86. The highest BCUT2D eigenvalue weighted by molar-refractivity contribution is 6.02. The number of benzene rings is 1. The lowest BCUT2D eigenvalue weighted by Gasteiger charge is -2.25. The summed E-state index contributed by atoms with van der Waals surface area (Å²) in [6.45, 7) is 4.16. The van der Waals surface area contributed by atoms with Crippen molar-refractivity contribution in [3.05, 3.63) is 52.7 Å². The highest BCUT2D eigenvalue weighted by Crippen LogP contribution is 2.36. The molecule has 2 aliphatic rings. The van der Waals surface area contributed by atoms with Crippen LogP contribution in [0.4, 0.5) is 14.6 Å². The standard InChI is InChI=1S/C23H25F2N3O3/c1-13-10-16(6-7-19(13)31-12-23(3,24)25)14(2)28-11-18-17(22(28)30)8-9-26-20(18)27-21(29)15-4-5-15/h6-10,14-15H,4-5,11-12H2,1-3H3,(H,26,27,29). The maximum atomic E-state index is 13.1. The molecular weight excluding hydrogens is 404 g/mol. The van der Waals surface area contributed by atoms with Gasteiger partial charge in [-0.3, -0.25) is 9.59 Å². The van der Waals surface area contributed by atoms with Crippen LogP contribution < -0.4 is 10.1 Å². The molecule has 4 rings (SSSR count). The number of fused-ring (bicyclic) bond motifs is 1. The number of aromatic nitrogens is 1. The van der Waals surface area contributed by atoms with Crippen molar-refractivity contribution in [2.45, 2.75) is 52.1 Å². The molecule has 0 saturated heterocycles. The molecule has 2 amide bonds. The van der Waals surface area contributed by atoms with Gasteiger partial charge >= 0.3 is 0 Å². The second-order valence-electron chi connectivity index (χ2n) is 8.44. The lowest BCUT2D eigenvalue weighted by Crippen LogP contribution is -2.27. The van der Waals surface area contributed by atoms with Gasteiger partial charge in [-0.25, -0.2) is 13.8 Å². The van der Waals surface area contributed by atoms with Crippen molar-refractivity contribution in [3.8, 4) is 5.75 Å². The number of amides is 2. The fourth-order valence-corrected chi connectivity index (χ4v) is 3.71. The van der Waals surface area contributed by atoms with Crippen LogP contribution in [0.2, 0.25) is 0 Å². The van der Waals surface area contributed by atoms with Gasteiger partial charge in [0.1, 0.15) is 11.6 Å². The van der Waals surface area contributed by atoms with Crippen LogP contribution in [0.3, 0.4) is 0 Å². The van der Waals surface area contributed by atoms with E-state index in [9.17, 15) is 18.4 Å². The first kappa shape index (κ1) is 21.2. The first-order valence-corrected chi connectivity index (χ1v) is 10.3. The molecule has 1 atom stereocenters. The Morgan fingerprint density at radius 2 is 2.10 bits per heavy atom. The van der Waals surface area contributed by atoms with Crippen molar-refractivity contribution in [1.82, 2.24) is 9.88 Å². The zero-order chi connectivity index (χ0) is 22.3. The summed E-state index contributed by atoms with van der Waals surface area (Å²) in [4.78, 5) is 31.2. The van der Waals surface area contributed by atoms with Crippen LogP contribution in [0, 0.1) is 12.8 Å². The van der Waals surface area contributed by atoms with Crippen molar-refractivity contribution in [2.24, 2.45) is 5.92 Å². The number of aryl methyl sites for hydroxylation is 1. The Balaban J connectivity index is 1.51. The molecule has 1 N–H and O–H groups in total. The SMILES string of the molecule is Cc1cc(C(C)N2Cc3c(ccnc3NC(=O)C3CC3)C2=O)ccc1OCC(C)(F)F. The normalized spacial score (nSPS) is 16.8. The van der Waals surface area contributed by atoms with Gasteiger partial charge in [-0.15, -0.1) is 0 Å². The van der Waals surface area contributed by atoms with Gasteiger partial charge in [-0.2, -0.15) is 0 Å². The largest absolute Gasteiger partial charge is 0.487 e. The number of rotatable bonds is 7. The Kier molecular flexibility index (Phi) is 5.41. The Hall–Kier alpha value is -3.03. The van der Waals surface area contributed by atoms with E-state index in [2.05, 4.69) is 10.3 Å². The third kappa shape index (κ3) is 4.52. The number of pyridine rings is 1. The van der Waals surface area contributed by atoms with Gasteiger partial charge in [0.2, 0.25) is 5.91 Å². The van der Waals surface area contributed by atoms with E-state index in [0.717, 1.165) is 36.5 Å². The monoisotopic (exact) mass is 429 g/mol. The third-order valence-electron chi connectivity index (χ3n) is 5.70. The van der Waals surface area contributed by atoms with Gasteiger partial charge in [-0.1, -0.05) is 12.1 Å². The lowest BCUT2D eigenvalue weighted by molar-refractivity contribution is -0.117. The van der Waals surface area contributed by atoms with E-state index in [4.69, 9.17) is 4.74 Å². The van der Waals surface area contributed by atoms with E-state index in [1.165, 1.54) is 6.20 Å². The summed E-state index contributed by atoms with van der Waals surface area (Å²) in [6.07, 6.45) is 3.31. The fourth-order valence-electron chi connectivity index (χ4n) is 3.71. The summed E-state index contributed by atoms with van der Waals surface area (Å²) < 4.78 is 31.4. The second kappa shape index (κ2) is 7.90. The number of anilines is 1. The molecule has 0 bridgehead atoms. The van der Waals surface area contributed by atoms with Gasteiger partial charge in [0.25, 0.3) is 11.8 Å². The minimum absolute atomic E-state index is 0.0427. The molecule has 1 unspecified atom stereocenters.